The van der Waals surface area contributed by atoms with E-state index in [2.05, 4.69) is 6.92 Å². The van der Waals surface area contributed by atoms with E-state index in [-0.39, 0.29) is 0 Å². The Morgan fingerprint density at radius 2 is 2.20 bits per heavy atom. The van der Waals surface area contributed by atoms with Crippen molar-refractivity contribution in [1.82, 2.24) is 0 Å². The highest BCUT2D eigenvalue weighted by atomic mass is 32.1. The van der Waals surface area contributed by atoms with Gasteiger partial charge in [-0.15, -0.1) is 0 Å². The van der Waals surface area contributed by atoms with Gasteiger partial charge in [0.05, 0.1) is 11.3 Å². The Morgan fingerprint density at radius 3 is 2.20 bits per heavy atom. The van der Waals surface area contributed by atoms with Crippen LogP contribution in [0.2, 0.25) is 0 Å². The van der Waals surface area contributed by atoms with Gasteiger partial charge in [-0.2, -0.15) is 0 Å². The molecule has 0 aliphatic heterocycles. The fourth-order valence-electron chi connectivity index (χ4n) is 0. The summed E-state index contributed by atoms with van der Waals surface area (Å²) in [6.07, 6.45) is 0. The average molecular weight is 89.1 g/mol. The second kappa shape index (κ2) is 2.15. The molecule has 29 valence electrons. The Morgan fingerprint density at radius 1 is 2.00 bits per heavy atom. The molecular weight excluding hydrogens is 84.1 g/mol. The van der Waals surface area contributed by atoms with Crippen molar-refractivity contribution < 1.29 is 4.21 Å². The number of hydrogen-bond acceptors (Lipinski definition) is 1. The summed E-state index contributed by atoms with van der Waals surface area (Å²) in [4.78, 5) is 0.616. The molecule has 0 amide bonds. The van der Waals surface area contributed by atoms with E-state index in [0.717, 1.165) is 0 Å². The zero-order valence-corrected chi connectivity index (χ0v) is 3.84. The van der Waals surface area contributed by atoms with Gasteiger partial charge in [-0.3, -0.25) is 0 Å². The lowest BCUT2D eigenvalue weighted by molar-refractivity contribution is 0.701. The Kier molecular flexibility index (Phi) is 2.10. The van der Waals surface area contributed by atoms with E-state index in [9.17, 15) is 4.21 Å². The topological polar surface area (TPSA) is 17.1 Å². The number of hydrogen-bond donors (Lipinski definition) is 0. The van der Waals surface area contributed by atoms with Crippen molar-refractivity contribution in [2.75, 3.05) is 0 Å². The molecule has 0 bridgehead atoms. The molecule has 0 saturated heterocycles. The van der Waals surface area contributed by atoms with E-state index in [4.69, 9.17) is 0 Å². The molecule has 0 aliphatic rings. The lowest BCUT2D eigenvalue weighted by Gasteiger charge is -1.61. The van der Waals surface area contributed by atoms with E-state index in [1.807, 2.05) is 0 Å². The lowest BCUT2D eigenvalue weighted by atomic mass is 10.6. The third kappa shape index (κ3) is 3.89. The summed E-state index contributed by atoms with van der Waals surface area (Å²) in [5.41, 5.74) is 0. The lowest BCUT2D eigenvalue weighted by Crippen LogP contribution is -1.73. The molecule has 1 radical (unpaired) electrons. The maximum atomic E-state index is 9.45. The van der Waals surface area contributed by atoms with Crippen molar-refractivity contribution in [3.8, 4) is 0 Å². The first-order chi connectivity index (χ1) is 2.27. The van der Waals surface area contributed by atoms with Gasteiger partial charge in [0.25, 0.3) is 0 Å². The van der Waals surface area contributed by atoms with Crippen LogP contribution in [-0.4, -0.2) is 9.07 Å². The van der Waals surface area contributed by atoms with E-state index >= 15 is 0 Å². The highest BCUT2D eigenvalue weighted by Gasteiger charge is 1.63. The molecule has 0 heterocycles. The quantitative estimate of drug-likeness (QED) is 0.388. The molecular formula is C3H5OS. The first-order valence-electron chi connectivity index (χ1n) is 1.22. The van der Waals surface area contributed by atoms with Gasteiger partial charge >= 0.3 is 0 Å². The van der Waals surface area contributed by atoms with Crippen molar-refractivity contribution in [1.29, 1.82) is 0 Å². The highest BCUT2D eigenvalue weighted by Crippen LogP contribution is 1.53. The first-order valence-corrected chi connectivity index (χ1v) is 1.97. The van der Waals surface area contributed by atoms with Gasteiger partial charge in [0.15, 0.2) is 0 Å². The van der Waals surface area contributed by atoms with Crippen LogP contribution in [0.4, 0.5) is 0 Å². The first kappa shape index (κ1) is 4.89. The van der Waals surface area contributed by atoms with Crippen LogP contribution in [0.5, 0.6) is 0 Å². The maximum absolute atomic E-state index is 9.45. The largest absolute Gasteiger partial charge is 0.212 e. The molecule has 0 N–H and O–H groups in total. The van der Waals surface area contributed by atoms with E-state index in [0.29, 0.717) is 16.1 Å². The Hall–Kier alpha value is -0.110. The fourth-order valence-corrected chi connectivity index (χ4v) is 0. The van der Waals surface area contributed by atoms with Crippen LogP contribution in [-0.2, 0) is 11.3 Å². The Balaban J connectivity index is 3.60. The summed E-state index contributed by atoms with van der Waals surface area (Å²) >= 11 is 0.435. The van der Waals surface area contributed by atoms with Gasteiger partial charge in [-0.1, -0.05) is 0 Å². The zero-order chi connectivity index (χ0) is 4.28. The molecule has 5 heavy (non-hydrogen) atoms. The summed E-state index contributed by atoms with van der Waals surface area (Å²) in [7, 11) is 0. The van der Waals surface area contributed by atoms with Crippen LogP contribution in [0.25, 0.3) is 0 Å². The molecule has 1 nitrogen and oxygen atoms in total. The third-order valence-electron chi connectivity index (χ3n) is 0.142. The monoisotopic (exact) mass is 89.0 g/mol. The minimum Gasteiger partial charge on any atom is -0.212 e. The molecule has 0 aromatic heterocycles. The molecule has 0 rings (SSSR count). The minimum absolute atomic E-state index is 0.435. The van der Waals surface area contributed by atoms with Crippen LogP contribution in [0, 0.1) is 6.92 Å². The second-order valence-corrected chi connectivity index (χ2v) is 1.65. The molecule has 0 fully saturated rings. The van der Waals surface area contributed by atoms with Crippen molar-refractivity contribution in [2.45, 2.75) is 6.92 Å². The van der Waals surface area contributed by atoms with Crippen LogP contribution >= 0.6 is 0 Å². The van der Waals surface area contributed by atoms with Crippen molar-refractivity contribution >= 4 is 16.1 Å². The van der Waals surface area contributed by atoms with Gasteiger partial charge < -0.3 is 0 Å². The predicted octanol–water partition coefficient (Wildman–Crippen LogP) is 0.226. The average Bonchev–Trinajstić information content (AvgIpc) is 1.38. The van der Waals surface area contributed by atoms with Crippen LogP contribution in [0.15, 0.2) is 0 Å². The summed E-state index contributed by atoms with van der Waals surface area (Å²) in [5.74, 6) is 0. The fraction of sp³-hybridized carbons (Fsp3) is 0.333. The van der Waals surface area contributed by atoms with Crippen LogP contribution < -0.4 is 0 Å². The normalized spacial score (nSPS) is 6.80. The van der Waals surface area contributed by atoms with Crippen LogP contribution in [0.3, 0.4) is 0 Å². The van der Waals surface area contributed by atoms with E-state index < -0.39 is 0 Å². The van der Waals surface area contributed by atoms with Crippen molar-refractivity contribution in [2.24, 2.45) is 0 Å². The van der Waals surface area contributed by atoms with Gasteiger partial charge in [0, 0.05) is 4.86 Å². The summed E-state index contributed by atoms with van der Waals surface area (Å²) < 4.78 is 9.45. The molecule has 0 saturated carbocycles. The SMILES string of the molecule is [CH2]C(C)=S=O. The van der Waals surface area contributed by atoms with Crippen molar-refractivity contribution in [3.05, 3.63) is 6.92 Å². The van der Waals surface area contributed by atoms with E-state index in [1.165, 1.54) is 0 Å². The number of rotatable bonds is 0. The second-order valence-electron chi connectivity index (χ2n) is 0.785. The van der Waals surface area contributed by atoms with Gasteiger partial charge in [0.1, 0.15) is 0 Å². The standard InChI is InChI=1S/C3H5OS/c1-3(2)5-4/h1H2,2H3. The Bertz CT molecular complexity index is 67.0. The Labute approximate surface area is 35.1 Å². The maximum Gasteiger partial charge on any atom is 0.0873 e. The smallest absolute Gasteiger partial charge is 0.0873 e. The summed E-state index contributed by atoms with van der Waals surface area (Å²) in [6.45, 7) is 5.00. The molecule has 0 spiro atoms. The van der Waals surface area contributed by atoms with Crippen molar-refractivity contribution in [3.63, 3.8) is 0 Å². The third-order valence-corrected chi connectivity index (χ3v) is 0.427. The summed E-state index contributed by atoms with van der Waals surface area (Å²) in [6, 6.07) is 0. The van der Waals surface area contributed by atoms with Gasteiger partial charge in [-0.25, -0.2) is 4.21 Å². The minimum atomic E-state index is 0.435. The van der Waals surface area contributed by atoms with E-state index in [1.54, 1.807) is 6.92 Å². The molecule has 0 aliphatic carbocycles. The molecule has 0 atom stereocenters. The molecule has 2 heteroatoms. The molecule has 0 aromatic carbocycles. The van der Waals surface area contributed by atoms with Gasteiger partial charge in [-0.05, 0) is 13.8 Å². The predicted molar refractivity (Wildman–Crippen MR) is 24.2 cm³/mol. The summed E-state index contributed by atoms with van der Waals surface area (Å²) in [5, 5.41) is 0. The van der Waals surface area contributed by atoms with Crippen LogP contribution in [0.1, 0.15) is 6.92 Å². The zero-order valence-electron chi connectivity index (χ0n) is 3.02. The van der Waals surface area contributed by atoms with Gasteiger partial charge in [0.2, 0.25) is 0 Å². The molecule has 0 unspecified atom stereocenters. The highest BCUT2D eigenvalue weighted by molar-refractivity contribution is 7.66. The molecule has 0 aromatic rings.